The first-order valence-corrected chi connectivity index (χ1v) is 10.1. The van der Waals surface area contributed by atoms with Crippen LogP contribution in [0, 0.1) is 12.8 Å². The van der Waals surface area contributed by atoms with Gasteiger partial charge in [-0.3, -0.25) is 9.78 Å². The van der Waals surface area contributed by atoms with Gasteiger partial charge in [0.05, 0.1) is 10.4 Å². The van der Waals surface area contributed by atoms with Gasteiger partial charge in [0.1, 0.15) is 6.61 Å². The maximum absolute atomic E-state index is 9.84. The third-order valence-electron chi connectivity index (χ3n) is 4.55. The maximum atomic E-state index is 9.84. The number of carbonyl (C=O) groups is 1. The zero-order valence-corrected chi connectivity index (χ0v) is 17.0. The minimum Gasteiger partial charge on any atom is -0.475 e. The number of thiazole rings is 1. The van der Waals surface area contributed by atoms with Crippen molar-refractivity contribution in [3.05, 3.63) is 64.4 Å². The lowest BCUT2D eigenvalue weighted by Crippen LogP contribution is -2.36. The minimum absolute atomic E-state index is 0.607. The smallest absolute Gasteiger partial charge is 0.182 e. The molecule has 0 amide bonds. The van der Waals surface area contributed by atoms with Crippen LogP contribution in [-0.4, -0.2) is 42.9 Å². The van der Waals surface area contributed by atoms with Gasteiger partial charge in [0.25, 0.3) is 0 Å². The van der Waals surface area contributed by atoms with Gasteiger partial charge in [0.2, 0.25) is 0 Å². The zero-order chi connectivity index (χ0) is 19.5. The first-order chi connectivity index (χ1) is 13.1. The Hall–Kier alpha value is -2.18. The fourth-order valence-electron chi connectivity index (χ4n) is 2.90. The fourth-order valence-corrected chi connectivity index (χ4v) is 3.32. The van der Waals surface area contributed by atoms with Gasteiger partial charge in [0, 0.05) is 19.3 Å². The molecule has 0 atom stereocenters. The summed E-state index contributed by atoms with van der Waals surface area (Å²) in [5.74, 6) is 1.61. The van der Waals surface area contributed by atoms with Crippen molar-refractivity contribution in [2.45, 2.75) is 26.4 Å². The van der Waals surface area contributed by atoms with Crippen LogP contribution in [0.15, 0.2) is 48.4 Å². The number of nitrogens with one attached hydrogen (secondary N) is 1. The highest BCUT2D eigenvalue weighted by molar-refractivity contribution is 7.11. The van der Waals surface area contributed by atoms with Crippen molar-refractivity contribution < 1.29 is 9.53 Å². The molecule has 1 N–H and O–H groups in total. The Balaban J connectivity index is 0.000000313. The molecular weight excluding hydrogens is 358 g/mol. The van der Waals surface area contributed by atoms with Crippen LogP contribution in [0.3, 0.4) is 0 Å². The van der Waals surface area contributed by atoms with Gasteiger partial charge < -0.3 is 15.0 Å². The van der Waals surface area contributed by atoms with Crippen molar-refractivity contribution >= 4 is 17.6 Å². The number of nitrogens with zero attached hydrogens (tertiary/aromatic N) is 2. The van der Waals surface area contributed by atoms with Gasteiger partial charge in [-0.2, -0.15) is 0 Å². The number of carbonyl (C=O) groups excluding carboxylic acids is 1. The van der Waals surface area contributed by atoms with Crippen LogP contribution in [-0.2, 0) is 11.3 Å². The Kier molecular flexibility index (Phi) is 9.01. The van der Waals surface area contributed by atoms with E-state index in [1.54, 1.807) is 5.51 Å². The average Bonchev–Trinajstić information content (AvgIpc) is 3.23. The van der Waals surface area contributed by atoms with E-state index in [1.807, 2.05) is 7.05 Å². The molecule has 6 heteroatoms. The quantitative estimate of drug-likeness (QED) is 0.577. The number of ether oxygens (including phenoxy) is 1. The number of hydrogen-bond acceptors (Lipinski definition) is 6. The van der Waals surface area contributed by atoms with Crippen molar-refractivity contribution in [2.24, 2.45) is 5.92 Å². The van der Waals surface area contributed by atoms with E-state index in [1.165, 1.54) is 41.5 Å². The summed E-state index contributed by atoms with van der Waals surface area (Å²) in [6.07, 6.45) is 4.76. The highest BCUT2D eigenvalue weighted by Crippen LogP contribution is 2.20. The molecular formula is C21H29N3O2S. The van der Waals surface area contributed by atoms with E-state index < -0.39 is 0 Å². The number of benzene rings is 1. The third kappa shape index (κ3) is 7.53. The van der Waals surface area contributed by atoms with Gasteiger partial charge in [-0.15, -0.1) is 11.3 Å². The van der Waals surface area contributed by atoms with E-state index in [4.69, 9.17) is 4.74 Å². The Morgan fingerprint density at radius 1 is 1.37 bits per heavy atom. The van der Waals surface area contributed by atoms with Crippen LogP contribution in [0.1, 0.15) is 33.6 Å². The molecule has 0 aliphatic carbocycles. The average molecular weight is 388 g/mol. The molecule has 1 aliphatic rings. The molecule has 2 aromatic rings. The number of piperidine rings is 1. The van der Waals surface area contributed by atoms with Gasteiger partial charge in [-0.1, -0.05) is 29.8 Å². The van der Waals surface area contributed by atoms with Crippen molar-refractivity contribution in [2.75, 3.05) is 26.7 Å². The van der Waals surface area contributed by atoms with Crippen LogP contribution >= 0.6 is 11.3 Å². The van der Waals surface area contributed by atoms with Crippen molar-refractivity contribution in [3.8, 4) is 0 Å². The summed E-state index contributed by atoms with van der Waals surface area (Å²) >= 11 is 1.34. The lowest BCUT2D eigenvalue weighted by molar-refractivity contribution is 0.0806. The number of hydrogen-bond donors (Lipinski definition) is 1. The molecule has 2 heterocycles. The number of aldehydes is 1. The number of aryl methyl sites for hydroxylation is 1. The number of aromatic nitrogens is 1. The molecule has 1 saturated heterocycles. The second-order valence-electron chi connectivity index (χ2n) is 6.68. The van der Waals surface area contributed by atoms with E-state index in [0.717, 1.165) is 37.7 Å². The monoisotopic (exact) mass is 387 g/mol. The van der Waals surface area contributed by atoms with Gasteiger partial charge in [0.15, 0.2) is 12.2 Å². The summed E-state index contributed by atoms with van der Waals surface area (Å²) in [6.45, 7) is 10.00. The van der Waals surface area contributed by atoms with Crippen molar-refractivity contribution in [1.29, 1.82) is 0 Å². The molecule has 0 bridgehead atoms. The van der Waals surface area contributed by atoms with E-state index in [0.29, 0.717) is 11.5 Å². The van der Waals surface area contributed by atoms with Gasteiger partial charge >= 0.3 is 0 Å². The Labute approximate surface area is 166 Å². The minimum atomic E-state index is 0.607. The summed E-state index contributed by atoms with van der Waals surface area (Å²) in [5, 5.41) is 3.26. The molecule has 5 nitrogen and oxygen atoms in total. The Bertz CT molecular complexity index is 678. The molecule has 0 spiro atoms. The lowest BCUT2D eigenvalue weighted by atomic mass is 9.97. The van der Waals surface area contributed by atoms with E-state index >= 15 is 0 Å². The highest BCUT2D eigenvalue weighted by Gasteiger charge is 2.20. The van der Waals surface area contributed by atoms with Crippen LogP contribution in [0.5, 0.6) is 0 Å². The molecule has 1 aromatic heterocycles. The van der Waals surface area contributed by atoms with E-state index in [2.05, 4.69) is 53.0 Å². The normalized spacial score (nSPS) is 14.2. The molecule has 0 unspecified atom stereocenters. The molecule has 0 radical (unpaired) electrons. The summed E-state index contributed by atoms with van der Waals surface area (Å²) in [4.78, 5) is 16.5. The standard InChI is InChI=1S/C17H26N2O.C4H3NOS/c1-14-4-6-17(7-5-14)13-20-15(2)19-10-8-16(9-11-19)12-18-3;6-2-4-1-5-3-7-4/h4-7,16,18H,2,8-13H2,1,3H3;1-3H. The fraction of sp³-hybridized carbons (Fsp3) is 0.429. The third-order valence-corrected chi connectivity index (χ3v) is 5.25. The first-order valence-electron chi connectivity index (χ1n) is 9.22. The van der Waals surface area contributed by atoms with Crippen LogP contribution in [0.4, 0.5) is 0 Å². The molecule has 1 aromatic carbocycles. The first kappa shape index (κ1) is 21.1. The summed E-state index contributed by atoms with van der Waals surface area (Å²) in [7, 11) is 2.02. The molecule has 0 saturated carbocycles. The maximum Gasteiger partial charge on any atom is 0.182 e. The lowest BCUT2D eigenvalue weighted by Gasteiger charge is -2.34. The van der Waals surface area contributed by atoms with Gasteiger partial charge in [-0.25, -0.2) is 0 Å². The predicted octanol–water partition coefficient (Wildman–Crippen LogP) is 3.87. The Morgan fingerprint density at radius 2 is 2.07 bits per heavy atom. The second-order valence-corrected chi connectivity index (χ2v) is 7.60. The summed E-state index contributed by atoms with van der Waals surface area (Å²) in [6, 6.07) is 8.46. The largest absolute Gasteiger partial charge is 0.475 e. The second kappa shape index (κ2) is 11.5. The van der Waals surface area contributed by atoms with E-state index in [9.17, 15) is 4.79 Å². The molecule has 146 valence electrons. The SMILES string of the molecule is C=C(OCc1ccc(C)cc1)N1CCC(CNC)CC1.O=Cc1cncs1. The van der Waals surface area contributed by atoms with Crippen molar-refractivity contribution in [1.82, 2.24) is 15.2 Å². The molecule has 1 fully saturated rings. The van der Waals surface area contributed by atoms with Crippen LogP contribution in [0.2, 0.25) is 0 Å². The number of rotatable bonds is 7. The molecule has 27 heavy (non-hydrogen) atoms. The number of likely N-dealkylation sites (tertiary alicyclic amines) is 1. The zero-order valence-electron chi connectivity index (χ0n) is 16.2. The van der Waals surface area contributed by atoms with Crippen LogP contribution in [0.25, 0.3) is 0 Å². The van der Waals surface area contributed by atoms with Crippen molar-refractivity contribution in [3.63, 3.8) is 0 Å². The topological polar surface area (TPSA) is 54.5 Å². The van der Waals surface area contributed by atoms with Crippen LogP contribution < -0.4 is 5.32 Å². The summed E-state index contributed by atoms with van der Waals surface area (Å²) in [5.41, 5.74) is 4.10. The summed E-state index contributed by atoms with van der Waals surface area (Å²) < 4.78 is 5.82. The predicted molar refractivity (Wildman–Crippen MR) is 111 cm³/mol. The Morgan fingerprint density at radius 3 is 2.59 bits per heavy atom. The highest BCUT2D eigenvalue weighted by atomic mass is 32.1. The van der Waals surface area contributed by atoms with Gasteiger partial charge in [-0.05, 0) is 51.4 Å². The molecule has 1 aliphatic heterocycles. The molecule has 3 rings (SSSR count). The van der Waals surface area contributed by atoms with E-state index in [-0.39, 0.29) is 0 Å².